The van der Waals surface area contributed by atoms with Gasteiger partial charge >= 0.3 is 5.97 Å². The monoisotopic (exact) mass is 416 g/mol. The number of benzene rings is 2. The van der Waals surface area contributed by atoms with Crippen LogP contribution in [0.1, 0.15) is 13.3 Å². The van der Waals surface area contributed by atoms with Gasteiger partial charge in [-0.25, -0.2) is 0 Å². The summed E-state index contributed by atoms with van der Waals surface area (Å²) in [5.74, 6) is -1.16. The molecule has 1 fully saturated rings. The number of para-hydroxylation sites is 1. The second kappa shape index (κ2) is 9.43. The molecule has 2 aromatic rings. The number of nitrogens with one attached hydrogen (secondary N) is 1. The molecule has 7 nitrogen and oxygen atoms in total. The van der Waals surface area contributed by atoms with Crippen molar-refractivity contribution < 1.29 is 23.9 Å². The van der Waals surface area contributed by atoms with Gasteiger partial charge in [-0.15, -0.1) is 0 Å². The molecule has 1 N–H and O–H groups in total. The number of carbonyl (C=O) groups excluding carboxylic acids is 3. The molecule has 0 bridgehead atoms. The summed E-state index contributed by atoms with van der Waals surface area (Å²) in [6, 6.07) is 13.8. The molecule has 1 heterocycles. The molecular formula is C21H21ClN2O5. The molecule has 152 valence electrons. The van der Waals surface area contributed by atoms with Gasteiger partial charge in [-0.05, 0) is 43.3 Å². The van der Waals surface area contributed by atoms with Crippen molar-refractivity contribution in [2.45, 2.75) is 13.3 Å². The van der Waals surface area contributed by atoms with Crippen LogP contribution in [0.15, 0.2) is 48.5 Å². The number of halogens is 1. The molecule has 0 spiro atoms. The van der Waals surface area contributed by atoms with Crippen LogP contribution in [0.2, 0.25) is 5.02 Å². The third-order valence-corrected chi connectivity index (χ3v) is 4.74. The molecule has 1 aliphatic heterocycles. The van der Waals surface area contributed by atoms with Gasteiger partial charge in [0.15, 0.2) is 6.61 Å². The second-order valence-electron chi connectivity index (χ2n) is 6.47. The summed E-state index contributed by atoms with van der Waals surface area (Å²) in [4.78, 5) is 38.1. The first-order valence-electron chi connectivity index (χ1n) is 9.22. The number of anilines is 2. The van der Waals surface area contributed by atoms with Crippen molar-refractivity contribution in [2.24, 2.45) is 5.92 Å². The van der Waals surface area contributed by atoms with Crippen LogP contribution in [0.25, 0.3) is 0 Å². The Labute approximate surface area is 173 Å². The molecule has 0 aromatic heterocycles. The van der Waals surface area contributed by atoms with E-state index in [1.165, 1.54) is 4.90 Å². The van der Waals surface area contributed by atoms with E-state index in [1.807, 2.05) is 6.92 Å². The van der Waals surface area contributed by atoms with E-state index < -0.39 is 24.4 Å². The summed E-state index contributed by atoms with van der Waals surface area (Å²) in [6.45, 7) is 2.21. The van der Waals surface area contributed by atoms with E-state index in [0.717, 1.165) is 0 Å². The predicted molar refractivity (Wildman–Crippen MR) is 109 cm³/mol. The summed E-state index contributed by atoms with van der Waals surface area (Å²) in [7, 11) is 0. The van der Waals surface area contributed by atoms with Crippen LogP contribution in [-0.2, 0) is 19.1 Å². The van der Waals surface area contributed by atoms with Crippen molar-refractivity contribution in [1.82, 2.24) is 0 Å². The zero-order valence-electron chi connectivity index (χ0n) is 15.9. The first-order chi connectivity index (χ1) is 14.0. The van der Waals surface area contributed by atoms with Gasteiger partial charge in [-0.3, -0.25) is 14.4 Å². The average Bonchev–Trinajstić information content (AvgIpc) is 3.10. The average molecular weight is 417 g/mol. The first-order valence-corrected chi connectivity index (χ1v) is 9.60. The molecule has 29 heavy (non-hydrogen) atoms. The molecule has 8 heteroatoms. The summed E-state index contributed by atoms with van der Waals surface area (Å²) in [5, 5.41) is 2.97. The number of nitrogens with zero attached hydrogens (tertiary/aromatic N) is 1. The van der Waals surface area contributed by atoms with Crippen LogP contribution in [-0.4, -0.2) is 37.5 Å². The zero-order chi connectivity index (χ0) is 20.8. The first kappa shape index (κ1) is 20.7. The minimum atomic E-state index is -0.623. The highest BCUT2D eigenvalue weighted by molar-refractivity contribution is 6.33. The fraction of sp³-hybridized carbons (Fsp3) is 0.286. The zero-order valence-corrected chi connectivity index (χ0v) is 16.6. The SMILES string of the molecule is CCOc1ccc(N2C[C@@H](C(=O)OCC(=O)Nc3ccccc3Cl)CC2=O)cc1. The number of amides is 2. The van der Waals surface area contributed by atoms with Gasteiger partial charge in [0.25, 0.3) is 5.91 Å². The molecule has 1 saturated heterocycles. The summed E-state index contributed by atoms with van der Waals surface area (Å²) in [5.41, 5.74) is 1.12. The minimum Gasteiger partial charge on any atom is -0.494 e. The van der Waals surface area contributed by atoms with Gasteiger partial charge < -0.3 is 19.7 Å². The standard InChI is InChI=1S/C21H21ClN2O5/c1-2-28-16-9-7-15(8-10-16)24-12-14(11-20(24)26)21(27)29-13-19(25)23-18-6-4-3-5-17(18)22/h3-10,14H,2,11-13H2,1H3,(H,23,25)/t14-/m0/s1. The maximum Gasteiger partial charge on any atom is 0.311 e. The molecule has 0 saturated carbocycles. The molecular weight excluding hydrogens is 396 g/mol. The summed E-state index contributed by atoms with van der Waals surface area (Å²) in [6.07, 6.45) is 0.0399. The summed E-state index contributed by atoms with van der Waals surface area (Å²) >= 11 is 5.98. The van der Waals surface area contributed by atoms with E-state index in [4.69, 9.17) is 21.1 Å². The lowest BCUT2D eigenvalue weighted by Crippen LogP contribution is -2.28. The lowest BCUT2D eigenvalue weighted by Gasteiger charge is -2.17. The highest BCUT2D eigenvalue weighted by Crippen LogP contribution is 2.27. The van der Waals surface area contributed by atoms with Crippen LogP contribution in [0, 0.1) is 5.92 Å². The van der Waals surface area contributed by atoms with Crippen LogP contribution >= 0.6 is 11.6 Å². The Morgan fingerprint density at radius 1 is 1.17 bits per heavy atom. The van der Waals surface area contributed by atoms with Gasteiger partial charge in [0.05, 0.1) is 23.2 Å². The number of rotatable bonds is 7. The van der Waals surface area contributed by atoms with Crippen molar-refractivity contribution in [1.29, 1.82) is 0 Å². The smallest absolute Gasteiger partial charge is 0.311 e. The normalized spacial score (nSPS) is 15.9. The van der Waals surface area contributed by atoms with Crippen LogP contribution in [0.5, 0.6) is 5.75 Å². The number of hydrogen-bond donors (Lipinski definition) is 1. The third kappa shape index (κ3) is 5.26. The van der Waals surface area contributed by atoms with Crippen LogP contribution in [0.4, 0.5) is 11.4 Å². The predicted octanol–water partition coefficient (Wildman–Crippen LogP) is 3.27. The van der Waals surface area contributed by atoms with Crippen molar-refractivity contribution in [3.05, 3.63) is 53.6 Å². The van der Waals surface area contributed by atoms with E-state index in [-0.39, 0.29) is 18.9 Å². The van der Waals surface area contributed by atoms with Crippen molar-refractivity contribution in [3.63, 3.8) is 0 Å². The second-order valence-corrected chi connectivity index (χ2v) is 6.88. The largest absolute Gasteiger partial charge is 0.494 e. The fourth-order valence-electron chi connectivity index (χ4n) is 3.01. The lowest BCUT2D eigenvalue weighted by atomic mass is 10.1. The number of carbonyl (C=O) groups is 3. The van der Waals surface area contributed by atoms with E-state index >= 15 is 0 Å². The van der Waals surface area contributed by atoms with E-state index in [0.29, 0.717) is 28.8 Å². The van der Waals surface area contributed by atoms with Gasteiger partial charge in [-0.1, -0.05) is 23.7 Å². The Hall–Kier alpha value is -3.06. The highest BCUT2D eigenvalue weighted by atomic mass is 35.5. The van der Waals surface area contributed by atoms with Crippen molar-refractivity contribution >= 4 is 40.8 Å². The number of ether oxygens (including phenoxy) is 2. The molecule has 3 rings (SSSR count). The van der Waals surface area contributed by atoms with Gasteiger partial charge in [0, 0.05) is 18.7 Å². The maximum atomic E-state index is 12.3. The molecule has 1 atom stereocenters. The Bertz CT molecular complexity index is 900. The minimum absolute atomic E-state index is 0.0399. The lowest BCUT2D eigenvalue weighted by molar-refractivity contribution is -0.151. The maximum absolute atomic E-state index is 12.3. The molecule has 0 aliphatic carbocycles. The topological polar surface area (TPSA) is 84.9 Å². The van der Waals surface area contributed by atoms with Crippen molar-refractivity contribution in [2.75, 3.05) is 30.0 Å². The highest BCUT2D eigenvalue weighted by Gasteiger charge is 2.36. The van der Waals surface area contributed by atoms with Crippen LogP contribution in [0.3, 0.4) is 0 Å². The molecule has 0 unspecified atom stereocenters. The molecule has 1 aliphatic rings. The Morgan fingerprint density at radius 3 is 2.59 bits per heavy atom. The van der Waals surface area contributed by atoms with Crippen LogP contribution < -0.4 is 15.0 Å². The number of esters is 1. The molecule has 2 amide bonds. The van der Waals surface area contributed by atoms with Gasteiger partial charge in [0.2, 0.25) is 5.91 Å². The molecule has 0 radical (unpaired) electrons. The van der Waals surface area contributed by atoms with Gasteiger partial charge in [-0.2, -0.15) is 0 Å². The van der Waals surface area contributed by atoms with E-state index in [1.54, 1.807) is 48.5 Å². The quantitative estimate of drug-likeness (QED) is 0.700. The Kier molecular flexibility index (Phi) is 6.72. The van der Waals surface area contributed by atoms with Crippen molar-refractivity contribution in [3.8, 4) is 5.75 Å². The third-order valence-electron chi connectivity index (χ3n) is 4.41. The summed E-state index contributed by atoms with van der Waals surface area (Å²) < 4.78 is 10.5. The van der Waals surface area contributed by atoms with E-state index in [9.17, 15) is 14.4 Å². The Balaban J connectivity index is 1.52. The molecule has 2 aromatic carbocycles. The van der Waals surface area contributed by atoms with Gasteiger partial charge in [0.1, 0.15) is 5.75 Å². The number of hydrogen-bond acceptors (Lipinski definition) is 5. The Morgan fingerprint density at radius 2 is 1.90 bits per heavy atom. The fourth-order valence-corrected chi connectivity index (χ4v) is 3.19. The van der Waals surface area contributed by atoms with E-state index in [2.05, 4.69) is 5.32 Å².